The van der Waals surface area contributed by atoms with Crippen molar-refractivity contribution >= 4 is 27.3 Å². The summed E-state index contributed by atoms with van der Waals surface area (Å²) < 4.78 is 39.5. The molecule has 20 heavy (non-hydrogen) atoms. The van der Waals surface area contributed by atoms with E-state index in [-0.39, 0.29) is 0 Å². The summed E-state index contributed by atoms with van der Waals surface area (Å²) in [5.41, 5.74) is -0.492. The molecule has 108 valence electrons. The molecule has 0 unspecified atom stereocenters. The van der Waals surface area contributed by atoms with Gasteiger partial charge in [0.1, 0.15) is 5.52 Å². The van der Waals surface area contributed by atoms with E-state index in [1.54, 1.807) is 0 Å². The first-order valence-corrected chi connectivity index (χ1v) is 7.37. The minimum Gasteiger partial charge on any atom is -0.351 e. The van der Waals surface area contributed by atoms with E-state index in [0.717, 1.165) is 24.2 Å². The topological polar surface area (TPSA) is 33.4 Å². The van der Waals surface area contributed by atoms with Crippen molar-refractivity contribution in [3.63, 3.8) is 0 Å². The smallest absolute Gasteiger partial charge is 0.351 e. The minimum absolute atomic E-state index is 0.371. The number of halogens is 4. The van der Waals surface area contributed by atoms with E-state index in [1.807, 2.05) is 4.90 Å². The molecule has 0 aliphatic heterocycles. The molecule has 1 fully saturated rings. The number of hydrogen-bond donors (Lipinski definition) is 0. The van der Waals surface area contributed by atoms with Crippen LogP contribution in [0.15, 0.2) is 18.5 Å². The molecular weight excluding hydrogens is 337 g/mol. The summed E-state index contributed by atoms with van der Waals surface area (Å²) in [6.45, 7) is 0.712. The van der Waals surface area contributed by atoms with Crippen LogP contribution in [0.4, 0.5) is 19.0 Å². The average molecular weight is 349 g/mol. The van der Waals surface area contributed by atoms with Gasteiger partial charge in [-0.25, -0.2) is 9.50 Å². The zero-order chi connectivity index (χ0) is 14.3. The number of anilines is 1. The van der Waals surface area contributed by atoms with E-state index >= 15 is 0 Å². The van der Waals surface area contributed by atoms with Crippen molar-refractivity contribution < 1.29 is 13.2 Å². The predicted octanol–water partition coefficient (Wildman–Crippen LogP) is 3.11. The highest BCUT2D eigenvalue weighted by atomic mass is 79.9. The van der Waals surface area contributed by atoms with Crippen molar-refractivity contribution in [1.82, 2.24) is 14.6 Å². The summed E-state index contributed by atoms with van der Waals surface area (Å²) >= 11 is 3.37. The quantitative estimate of drug-likeness (QED) is 0.796. The first-order valence-electron chi connectivity index (χ1n) is 6.25. The lowest BCUT2D eigenvalue weighted by atomic mass is 10.3. The molecule has 1 aliphatic carbocycles. The van der Waals surface area contributed by atoms with Gasteiger partial charge in [0.2, 0.25) is 0 Å². The third kappa shape index (κ3) is 2.48. The summed E-state index contributed by atoms with van der Waals surface area (Å²) in [4.78, 5) is 6.31. The van der Waals surface area contributed by atoms with Crippen LogP contribution in [0.1, 0.15) is 18.5 Å². The van der Waals surface area contributed by atoms with Gasteiger partial charge in [0.25, 0.3) is 0 Å². The second-order valence-electron chi connectivity index (χ2n) is 4.72. The van der Waals surface area contributed by atoms with Crippen LogP contribution in [0, 0.1) is 0 Å². The van der Waals surface area contributed by atoms with E-state index in [4.69, 9.17) is 0 Å². The maximum absolute atomic E-state index is 12.8. The van der Waals surface area contributed by atoms with Crippen LogP contribution in [0.3, 0.4) is 0 Å². The molecule has 0 N–H and O–H groups in total. The highest BCUT2D eigenvalue weighted by Crippen LogP contribution is 2.35. The van der Waals surface area contributed by atoms with Crippen LogP contribution in [-0.4, -0.2) is 32.5 Å². The van der Waals surface area contributed by atoms with Crippen molar-refractivity contribution in [3.05, 3.63) is 24.2 Å². The molecule has 0 saturated heterocycles. The van der Waals surface area contributed by atoms with E-state index in [2.05, 4.69) is 26.0 Å². The van der Waals surface area contributed by atoms with Gasteiger partial charge in [0, 0.05) is 36.4 Å². The molecule has 3 rings (SSSR count). The first kappa shape index (κ1) is 13.7. The van der Waals surface area contributed by atoms with Gasteiger partial charge in [-0.15, -0.1) is 0 Å². The van der Waals surface area contributed by atoms with Gasteiger partial charge < -0.3 is 4.90 Å². The largest absolute Gasteiger partial charge is 0.435 e. The van der Waals surface area contributed by atoms with Crippen LogP contribution in [-0.2, 0) is 6.18 Å². The number of fused-ring (bicyclic) bond motifs is 1. The van der Waals surface area contributed by atoms with Gasteiger partial charge in [0.05, 0.1) is 0 Å². The van der Waals surface area contributed by atoms with Gasteiger partial charge in [0.15, 0.2) is 11.5 Å². The Kier molecular flexibility index (Phi) is 3.35. The molecule has 2 aromatic heterocycles. The van der Waals surface area contributed by atoms with E-state index in [1.165, 1.54) is 16.9 Å². The molecule has 2 aromatic rings. The Morgan fingerprint density at radius 1 is 1.40 bits per heavy atom. The summed E-state index contributed by atoms with van der Waals surface area (Å²) in [5.74, 6) is 0.567. The summed E-state index contributed by atoms with van der Waals surface area (Å²) in [7, 11) is 0. The van der Waals surface area contributed by atoms with E-state index in [0.29, 0.717) is 23.9 Å². The molecule has 4 nitrogen and oxygen atoms in total. The fourth-order valence-electron chi connectivity index (χ4n) is 2.21. The number of alkyl halides is 4. The highest BCUT2D eigenvalue weighted by Gasteiger charge is 2.36. The zero-order valence-electron chi connectivity index (χ0n) is 10.4. The number of hydrogen-bond acceptors (Lipinski definition) is 3. The molecule has 8 heteroatoms. The lowest BCUT2D eigenvalue weighted by Gasteiger charge is -2.22. The van der Waals surface area contributed by atoms with Gasteiger partial charge in [-0.05, 0) is 12.8 Å². The summed E-state index contributed by atoms with van der Waals surface area (Å²) in [6, 6.07) is 1.43. The monoisotopic (exact) mass is 348 g/mol. The molecule has 0 atom stereocenters. The first-order chi connectivity index (χ1) is 9.50. The van der Waals surface area contributed by atoms with Crippen molar-refractivity contribution in [1.29, 1.82) is 0 Å². The molecule has 0 bridgehead atoms. The Balaban J connectivity index is 2.08. The Bertz CT molecular complexity index is 621. The molecule has 0 amide bonds. The number of nitrogens with zero attached hydrogens (tertiary/aromatic N) is 4. The zero-order valence-corrected chi connectivity index (χ0v) is 12.0. The molecule has 1 aliphatic rings. The lowest BCUT2D eigenvalue weighted by molar-refractivity contribution is -0.141. The molecule has 0 radical (unpaired) electrons. The predicted molar refractivity (Wildman–Crippen MR) is 72.2 cm³/mol. The maximum atomic E-state index is 12.8. The third-order valence-corrected chi connectivity index (χ3v) is 3.60. The van der Waals surface area contributed by atoms with Crippen LogP contribution >= 0.6 is 15.9 Å². The fourth-order valence-corrected chi connectivity index (χ4v) is 2.59. The summed E-state index contributed by atoms with van der Waals surface area (Å²) in [5, 5.41) is 4.32. The van der Waals surface area contributed by atoms with Crippen molar-refractivity contribution in [2.75, 3.05) is 16.8 Å². The Morgan fingerprint density at radius 2 is 2.15 bits per heavy atom. The number of aromatic nitrogens is 3. The highest BCUT2D eigenvalue weighted by molar-refractivity contribution is 9.09. The van der Waals surface area contributed by atoms with Crippen LogP contribution in [0.2, 0.25) is 0 Å². The van der Waals surface area contributed by atoms with Gasteiger partial charge in [-0.3, -0.25) is 0 Å². The van der Waals surface area contributed by atoms with Crippen LogP contribution < -0.4 is 4.90 Å². The van der Waals surface area contributed by atoms with Crippen molar-refractivity contribution in [2.24, 2.45) is 0 Å². The van der Waals surface area contributed by atoms with E-state index in [9.17, 15) is 13.2 Å². The minimum atomic E-state index is -4.44. The van der Waals surface area contributed by atoms with E-state index < -0.39 is 11.9 Å². The fraction of sp³-hybridized carbons (Fsp3) is 0.500. The van der Waals surface area contributed by atoms with Crippen molar-refractivity contribution in [2.45, 2.75) is 25.1 Å². The van der Waals surface area contributed by atoms with Gasteiger partial charge >= 0.3 is 6.18 Å². The Morgan fingerprint density at radius 3 is 2.75 bits per heavy atom. The number of rotatable bonds is 4. The normalized spacial score (nSPS) is 15.8. The average Bonchev–Trinajstić information content (AvgIpc) is 3.11. The van der Waals surface area contributed by atoms with Gasteiger partial charge in [-0.1, -0.05) is 15.9 Å². The van der Waals surface area contributed by atoms with Gasteiger partial charge in [-0.2, -0.15) is 18.3 Å². The van der Waals surface area contributed by atoms with Crippen molar-refractivity contribution in [3.8, 4) is 0 Å². The molecule has 0 spiro atoms. The maximum Gasteiger partial charge on any atom is 0.435 e. The SMILES string of the molecule is FC(F)(F)c1cc2c(N(CCBr)C3CC3)nccn2n1. The summed E-state index contributed by atoms with van der Waals surface area (Å²) in [6.07, 6.45) is 0.585. The second-order valence-corrected chi connectivity index (χ2v) is 5.51. The Labute approximate surface area is 121 Å². The standard InChI is InChI=1S/C12H12BrF3N4/c13-3-5-19(8-1-2-8)11-9-7-10(12(14,15)16)18-20(9)6-4-17-11/h4,6-8H,1-3,5H2. The Hall–Kier alpha value is -1.31. The molecular formula is C12H12BrF3N4. The lowest BCUT2D eigenvalue weighted by Crippen LogP contribution is -2.29. The molecule has 1 saturated carbocycles. The molecule has 0 aromatic carbocycles. The third-order valence-electron chi connectivity index (χ3n) is 3.25. The van der Waals surface area contributed by atoms with Crippen LogP contribution in [0.5, 0.6) is 0 Å². The second kappa shape index (κ2) is 4.91. The van der Waals surface area contributed by atoms with Crippen LogP contribution in [0.25, 0.3) is 5.52 Å². The molecule has 2 heterocycles.